The minimum Gasteiger partial charge on any atom is -0.354 e. The number of amides is 1. The molecule has 4 rings (SSSR count). The molecule has 0 bridgehead atoms. The van der Waals surface area contributed by atoms with Crippen molar-refractivity contribution in [1.29, 1.82) is 0 Å². The first kappa shape index (κ1) is 17.2. The Morgan fingerprint density at radius 1 is 1.23 bits per heavy atom. The topological polar surface area (TPSA) is 45.2 Å². The Kier molecular flexibility index (Phi) is 4.53. The van der Waals surface area contributed by atoms with Gasteiger partial charge in [-0.15, -0.1) is 0 Å². The summed E-state index contributed by atoms with van der Waals surface area (Å²) in [6.45, 7) is 7.14. The van der Waals surface area contributed by atoms with Crippen LogP contribution in [0, 0.1) is 5.92 Å². The number of benzene rings is 1. The summed E-state index contributed by atoms with van der Waals surface area (Å²) >= 11 is 0. The molecule has 2 unspecified atom stereocenters. The van der Waals surface area contributed by atoms with Gasteiger partial charge >= 0.3 is 0 Å². The van der Waals surface area contributed by atoms with E-state index in [1.807, 2.05) is 12.3 Å². The van der Waals surface area contributed by atoms with Crippen molar-refractivity contribution in [1.82, 2.24) is 15.2 Å². The van der Waals surface area contributed by atoms with Crippen molar-refractivity contribution in [2.24, 2.45) is 5.92 Å². The van der Waals surface area contributed by atoms with E-state index in [1.54, 1.807) is 6.20 Å². The van der Waals surface area contributed by atoms with Crippen molar-refractivity contribution < 1.29 is 4.79 Å². The summed E-state index contributed by atoms with van der Waals surface area (Å²) in [5.41, 5.74) is 4.00. The number of fused-ring (bicyclic) bond motifs is 1. The van der Waals surface area contributed by atoms with Crippen LogP contribution < -0.4 is 5.32 Å². The van der Waals surface area contributed by atoms with Gasteiger partial charge in [0, 0.05) is 43.5 Å². The van der Waals surface area contributed by atoms with Gasteiger partial charge in [-0.2, -0.15) is 0 Å². The third-order valence-electron chi connectivity index (χ3n) is 5.92. The molecule has 1 saturated carbocycles. The maximum absolute atomic E-state index is 12.6. The van der Waals surface area contributed by atoms with Gasteiger partial charge < -0.3 is 5.32 Å². The maximum Gasteiger partial charge on any atom is 0.223 e. The zero-order valence-corrected chi connectivity index (χ0v) is 15.6. The minimum absolute atomic E-state index is 0.0537. The number of pyridine rings is 1. The molecule has 1 amide bonds. The van der Waals surface area contributed by atoms with Crippen LogP contribution in [-0.4, -0.2) is 34.4 Å². The van der Waals surface area contributed by atoms with Crippen LogP contribution in [0.25, 0.3) is 0 Å². The number of aromatic nitrogens is 1. The number of hydrogen-bond donors (Lipinski definition) is 1. The zero-order chi connectivity index (χ0) is 18.1. The molecule has 1 N–H and O–H groups in total. The molecular formula is C22H27N3O. The molecular weight excluding hydrogens is 322 g/mol. The van der Waals surface area contributed by atoms with E-state index in [4.69, 9.17) is 0 Å². The van der Waals surface area contributed by atoms with Gasteiger partial charge in [0.15, 0.2) is 0 Å². The van der Waals surface area contributed by atoms with E-state index in [0.29, 0.717) is 12.5 Å². The third-order valence-corrected chi connectivity index (χ3v) is 5.92. The Labute approximate surface area is 155 Å². The second-order valence-electron chi connectivity index (χ2n) is 8.21. The van der Waals surface area contributed by atoms with Crippen LogP contribution in [0.5, 0.6) is 0 Å². The summed E-state index contributed by atoms with van der Waals surface area (Å²) in [6.07, 6.45) is 5.68. The van der Waals surface area contributed by atoms with Crippen LogP contribution in [0.3, 0.4) is 0 Å². The number of carbonyl (C=O) groups excluding carboxylic acids is 1. The SMILES string of the molecule is CC(C)(CNC(=O)C1CC1c1cccnc1)N1CCc2ccccc2C1. The van der Waals surface area contributed by atoms with Crippen molar-refractivity contribution >= 4 is 5.91 Å². The molecule has 0 radical (unpaired) electrons. The third kappa shape index (κ3) is 3.51. The normalized spacial score (nSPS) is 22.5. The fourth-order valence-electron chi connectivity index (χ4n) is 4.01. The highest BCUT2D eigenvalue weighted by molar-refractivity contribution is 5.82. The molecule has 0 saturated heterocycles. The van der Waals surface area contributed by atoms with Crippen LogP contribution in [0.1, 0.15) is 42.9 Å². The summed E-state index contributed by atoms with van der Waals surface area (Å²) in [4.78, 5) is 19.2. The molecule has 4 nitrogen and oxygen atoms in total. The van der Waals surface area contributed by atoms with Crippen molar-refractivity contribution in [3.8, 4) is 0 Å². The molecule has 1 aromatic heterocycles. The molecule has 2 heterocycles. The number of nitrogens with zero attached hydrogens (tertiary/aromatic N) is 2. The van der Waals surface area contributed by atoms with Crippen LogP contribution in [0.4, 0.5) is 0 Å². The zero-order valence-electron chi connectivity index (χ0n) is 15.6. The lowest BCUT2D eigenvalue weighted by atomic mass is 9.94. The first-order valence-electron chi connectivity index (χ1n) is 9.54. The van der Waals surface area contributed by atoms with Gasteiger partial charge in [0.25, 0.3) is 0 Å². The van der Waals surface area contributed by atoms with Crippen molar-refractivity contribution in [3.05, 3.63) is 65.5 Å². The van der Waals surface area contributed by atoms with Crippen LogP contribution in [-0.2, 0) is 17.8 Å². The smallest absolute Gasteiger partial charge is 0.223 e. The van der Waals surface area contributed by atoms with Gasteiger partial charge in [-0.3, -0.25) is 14.7 Å². The molecule has 1 fully saturated rings. The van der Waals surface area contributed by atoms with E-state index in [9.17, 15) is 4.79 Å². The Bertz CT molecular complexity index is 787. The van der Waals surface area contributed by atoms with E-state index < -0.39 is 0 Å². The minimum atomic E-state index is -0.0537. The van der Waals surface area contributed by atoms with Gasteiger partial charge in [-0.05, 0) is 55.4 Å². The molecule has 2 atom stereocenters. The van der Waals surface area contributed by atoms with Crippen LogP contribution in [0.15, 0.2) is 48.8 Å². The number of carbonyl (C=O) groups is 1. The van der Waals surface area contributed by atoms with Crippen molar-refractivity contribution in [3.63, 3.8) is 0 Å². The Hall–Kier alpha value is -2.20. The highest BCUT2D eigenvalue weighted by Crippen LogP contribution is 2.47. The first-order chi connectivity index (χ1) is 12.5. The van der Waals surface area contributed by atoms with E-state index in [0.717, 1.165) is 25.9 Å². The van der Waals surface area contributed by atoms with E-state index in [2.05, 4.69) is 59.4 Å². The molecule has 1 aliphatic carbocycles. The summed E-state index contributed by atoms with van der Waals surface area (Å²) in [5, 5.41) is 3.20. The van der Waals surface area contributed by atoms with Gasteiger partial charge in [0.1, 0.15) is 0 Å². The van der Waals surface area contributed by atoms with Crippen molar-refractivity contribution in [2.45, 2.75) is 44.7 Å². The van der Waals surface area contributed by atoms with E-state index >= 15 is 0 Å². The second-order valence-corrected chi connectivity index (χ2v) is 8.21. The van der Waals surface area contributed by atoms with Gasteiger partial charge in [-0.25, -0.2) is 0 Å². The summed E-state index contributed by atoms with van der Waals surface area (Å²) in [7, 11) is 0. The predicted molar refractivity (Wildman–Crippen MR) is 103 cm³/mol. The van der Waals surface area contributed by atoms with Crippen LogP contribution in [0.2, 0.25) is 0 Å². The first-order valence-corrected chi connectivity index (χ1v) is 9.54. The number of nitrogens with one attached hydrogen (secondary N) is 1. The Balaban J connectivity index is 1.32. The monoisotopic (exact) mass is 349 g/mol. The molecule has 2 aliphatic rings. The lowest BCUT2D eigenvalue weighted by Crippen LogP contribution is -2.53. The number of hydrogen-bond acceptors (Lipinski definition) is 3. The van der Waals surface area contributed by atoms with Crippen LogP contribution >= 0.6 is 0 Å². The average molecular weight is 349 g/mol. The maximum atomic E-state index is 12.6. The largest absolute Gasteiger partial charge is 0.354 e. The number of rotatable bonds is 5. The lowest BCUT2D eigenvalue weighted by Gasteiger charge is -2.41. The van der Waals surface area contributed by atoms with Crippen molar-refractivity contribution in [2.75, 3.05) is 13.1 Å². The molecule has 1 aliphatic heterocycles. The molecule has 136 valence electrons. The average Bonchev–Trinajstić information content (AvgIpc) is 3.47. The Morgan fingerprint density at radius 2 is 2.04 bits per heavy atom. The highest BCUT2D eigenvalue weighted by Gasteiger charge is 2.44. The van der Waals surface area contributed by atoms with E-state index in [-0.39, 0.29) is 17.4 Å². The van der Waals surface area contributed by atoms with Gasteiger partial charge in [-0.1, -0.05) is 30.3 Å². The highest BCUT2D eigenvalue weighted by atomic mass is 16.2. The van der Waals surface area contributed by atoms with Gasteiger partial charge in [0.05, 0.1) is 0 Å². The fourth-order valence-corrected chi connectivity index (χ4v) is 4.01. The summed E-state index contributed by atoms with van der Waals surface area (Å²) in [6, 6.07) is 12.7. The van der Waals surface area contributed by atoms with Gasteiger partial charge in [0.2, 0.25) is 5.91 Å². The standard InChI is InChI=1S/C22H27N3O/c1-22(2,25-11-9-16-6-3-4-7-18(16)14-25)15-24-21(26)20-12-19(20)17-8-5-10-23-13-17/h3-8,10,13,19-20H,9,11-12,14-15H2,1-2H3,(H,24,26). The second kappa shape index (κ2) is 6.84. The lowest BCUT2D eigenvalue weighted by molar-refractivity contribution is -0.123. The molecule has 1 aromatic carbocycles. The molecule has 4 heteroatoms. The fraction of sp³-hybridized carbons (Fsp3) is 0.455. The summed E-state index contributed by atoms with van der Waals surface area (Å²) in [5.74, 6) is 0.634. The predicted octanol–water partition coefficient (Wildman–Crippen LogP) is 3.14. The molecule has 2 aromatic rings. The summed E-state index contributed by atoms with van der Waals surface area (Å²) < 4.78 is 0. The molecule has 0 spiro atoms. The quantitative estimate of drug-likeness (QED) is 0.902. The Morgan fingerprint density at radius 3 is 2.81 bits per heavy atom. The molecule has 26 heavy (non-hydrogen) atoms. The van der Waals surface area contributed by atoms with E-state index in [1.165, 1.54) is 16.7 Å².